The van der Waals surface area contributed by atoms with Gasteiger partial charge in [-0.2, -0.15) is 5.26 Å². The molecule has 1 fully saturated rings. The summed E-state index contributed by atoms with van der Waals surface area (Å²) in [5, 5.41) is 21.2. The molecule has 1 N–H and O–H groups in total. The van der Waals surface area contributed by atoms with Crippen LogP contribution in [0.15, 0.2) is 53.7 Å². The highest BCUT2D eigenvalue weighted by molar-refractivity contribution is 7.99. The van der Waals surface area contributed by atoms with E-state index in [1.165, 1.54) is 11.8 Å². The molecule has 1 saturated heterocycles. The average Bonchev–Trinajstić information content (AvgIpc) is 3.48. The number of hydrogen-bond acceptors (Lipinski definition) is 7. The summed E-state index contributed by atoms with van der Waals surface area (Å²) in [6, 6.07) is 16.6. The summed E-state index contributed by atoms with van der Waals surface area (Å²) in [6.45, 7) is 1.39. The molecule has 2 heterocycles. The maximum atomic E-state index is 12.5. The molecule has 0 unspecified atom stereocenters. The fourth-order valence-electron chi connectivity index (χ4n) is 3.50. The van der Waals surface area contributed by atoms with Gasteiger partial charge in [0.1, 0.15) is 5.75 Å². The minimum Gasteiger partial charge on any atom is -0.497 e. The van der Waals surface area contributed by atoms with Crippen molar-refractivity contribution in [2.24, 2.45) is 0 Å². The van der Waals surface area contributed by atoms with Crippen molar-refractivity contribution in [3.05, 3.63) is 54.1 Å². The van der Waals surface area contributed by atoms with Gasteiger partial charge in [-0.15, -0.1) is 10.2 Å². The van der Waals surface area contributed by atoms with Crippen LogP contribution in [0.25, 0.3) is 11.4 Å². The maximum absolute atomic E-state index is 12.5. The molecular formula is C23H23N5O3S. The lowest BCUT2D eigenvalue weighted by Gasteiger charge is -2.15. The number of hydrogen-bond donors (Lipinski definition) is 1. The zero-order valence-electron chi connectivity index (χ0n) is 17.7. The molecule has 32 heavy (non-hydrogen) atoms. The number of methoxy groups -OCH3 is 1. The first kappa shape index (κ1) is 21.9. The summed E-state index contributed by atoms with van der Waals surface area (Å²) in [4.78, 5) is 12.5. The fourth-order valence-corrected chi connectivity index (χ4v) is 4.25. The third-order valence-electron chi connectivity index (χ3n) is 5.08. The number of nitrogens with zero attached hydrogens (tertiary/aromatic N) is 4. The van der Waals surface area contributed by atoms with Gasteiger partial charge in [0.2, 0.25) is 5.91 Å². The van der Waals surface area contributed by atoms with E-state index < -0.39 is 0 Å². The number of ether oxygens (including phenoxy) is 2. The molecule has 1 atom stereocenters. The van der Waals surface area contributed by atoms with Crippen LogP contribution in [0.2, 0.25) is 0 Å². The van der Waals surface area contributed by atoms with E-state index in [9.17, 15) is 4.79 Å². The molecule has 0 aliphatic carbocycles. The van der Waals surface area contributed by atoms with Crippen molar-refractivity contribution < 1.29 is 14.3 Å². The van der Waals surface area contributed by atoms with Gasteiger partial charge in [0.25, 0.3) is 0 Å². The fraction of sp³-hybridized carbons (Fsp3) is 0.304. The van der Waals surface area contributed by atoms with Gasteiger partial charge in [-0.1, -0.05) is 17.8 Å². The van der Waals surface area contributed by atoms with Crippen molar-refractivity contribution in [2.75, 3.05) is 24.8 Å². The van der Waals surface area contributed by atoms with E-state index >= 15 is 0 Å². The smallest absolute Gasteiger partial charge is 0.234 e. The summed E-state index contributed by atoms with van der Waals surface area (Å²) in [5.74, 6) is 1.49. The van der Waals surface area contributed by atoms with E-state index in [1.807, 2.05) is 28.8 Å². The summed E-state index contributed by atoms with van der Waals surface area (Å²) in [7, 11) is 1.63. The Labute approximate surface area is 190 Å². The molecule has 1 aliphatic heterocycles. The molecule has 1 amide bonds. The van der Waals surface area contributed by atoms with Gasteiger partial charge >= 0.3 is 0 Å². The standard InChI is InChI=1S/C23H23N5O3S/c1-30-19-9-7-17(8-10-19)22-26-27-23(28(22)14-20-6-3-11-31-20)32-15-21(29)25-18-5-2-4-16(12-18)13-24/h2,4-5,7-10,12,20H,3,6,11,14-15H2,1H3,(H,25,29)/t20-/m0/s1. The number of nitriles is 1. The first-order valence-electron chi connectivity index (χ1n) is 10.3. The Morgan fingerprint density at radius 1 is 1.31 bits per heavy atom. The van der Waals surface area contributed by atoms with Crippen molar-refractivity contribution in [3.63, 3.8) is 0 Å². The van der Waals surface area contributed by atoms with Gasteiger partial charge in [0, 0.05) is 17.9 Å². The summed E-state index contributed by atoms with van der Waals surface area (Å²) < 4.78 is 13.1. The Morgan fingerprint density at radius 3 is 2.88 bits per heavy atom. The number of aromatic nitrogens is 3. The van der Waals surface area contributed by atoms with Crippen LogP contribution in [-0.4, -0.2) is 46.2 Å². The number of amides is 1. The highest BCUT2D eigenvalue weighted by atomic mass is 32.2. The number of carbonyl (C=O) groups is 1. The van der Waals surface area contributed by atoms with Crippen LogP contribution in [0.3, 0.4) is 0 Å². The number of benzene rings is 2. The van der Waals surface area contributed by atoms with Gasteiger partial charge in [-0.3, -0.25) is 9.36 Å². The van der Waals surface area contributed by atoms with E-state index in [-0.39, 0.29) is 17.8 Å². The lowest BCUT2D eigenvalue weighted by atomic mass is 10.2. The van der Waals surface area contributed by atoms with Crippen LogP contribution >= 0.6 is 11.8 Å². The number of thioether (sulfide) groups is 1. The number of rotatable bonds is 8. The Bertz CT molecular complexity index is 1120. The van der Waals surface area contributed by atoms with Crippen molar-refractivity contribution in [3.8, 4) is 23.2 Å². The van der Waals surface area contributed by atoms with E-state index in [1.54, 1.807) is 31.4 Å². The zero-order chi connectivity index (χ0) is 22.3. The van der Waals surface area contributed by atoms with E-state index in [0.717, 1.165) is 36.6 Å². The molecule has 1 aliphatic rings. The normalized spacial score (nSPS) is 15.3. The predicted molar refractivity (Wildman–Crippen MR) is 121 cm³/mol. The highest BCUT2D eigenvalue weighted by Gasteiger charge is 2.22. The van der Waals surface area contributed by atoms with E-state index in [0.29, 0.717) is 23.0 Å². The van der Waals surface area contributed by atoms with Crippen molar-refractivity contribution in [2.45, 2.75) is 30.6 Å². The van der Waals surface area contributed by atoms with E-state index in [4.69, 9.17) is 14.7 Å². The number of anilines is 1. The van der Waals surface area contributed by atoms with Crippen LogP contribution in [0.1, 0.15) is 18.4 Å². The third-order valence-corrected chi connectivity index (χ3v) is 6.05. The second kappa shape index (κ2) is 10.3. The minimum absolute atomic E-state index is 0.102. The summed E-state index contributed by atoms with van der Waals surface area (Å²) in [5.41, 5.74) is 2.01. The third kappa shape index (κ3) is 5.28. The van der Waals surface area contributed by atoms with Crippen molar-refractivity contribution in [1.82, 2.24) is 14.8 Å². The monoisotopic (exact) mass is 449 g/mol. The molecular weight excluding hydrogens is 426 g/mol. The molecule has 0 saturated carbocycles. The number of nitrogens with one attached hydrogen (secondary N) is 1. The average molecular weight is 450 g/mol. The first-order valence-corrected chi connectivity index (χ1v) is 11.3. The van der Waals surface area contributed by atoms with Crippen LogP contribution in [-0.2, 0) is 16.1 Å². The van der Waals surface area contributed by atoms with Gasteiger partial charge in [0.15, 0.2) is 11.0 Å². The quantitative estimate of drug-likeness (QED) is 0.523. The Morgan fingerprint density at radius 2 is 2.16 bits per heavy atom. The molecule has 2 aromatic carbocycles. The molecule has 3 aromatic rings. The van der Waals surface area contributed by atoms with E-state index in [2.05, 4.69) is 21.6 Å². The van der Waals surface area contributed by atoms with Crippen LogP contribution in [0.4, 0.5) is 5.69 Å². The molecule has 0 bridgehead atoms. The van der Waals surface area contributed by atoms with Crippen LogP contribution < -0.4 is 10.1 Å². The number of carbonyl (C=O) groups excluding carboxylic acids is 1. The summed E-state index contributed by atoms with van der Waals surface area (Å²) in [6.07, 6.45) is 2.13. The topological polar surface area (TPSA) is 102 Å². The lowest BCUT2D eigenvalue weighted by molar-refractivity contribution is -0.113. The molecule has 0 spiro atoms. The Balaban J connectivity index is 1.49. The molecule has 9 heteroatoms. The highest BCUT2D eigenvalue weighted by Crippen LogP contribution is 2.28. The second-order valence-corrected chi connectivity index (χ2v) is 8.25. The molecule has 164 valence electrons. The predicted octanol–water partition coefficient (Wildman–Crippen LogP) is 3.74. The molecule has 1 aromatic heterocycles. The SMILES string of the molecule is COc1ccc(-c2nnc(SCC(=O)Nc3cccc(C#N)c3)n2C[C@@H]2CCCO2)cc1. The van der Waals surface area contributed by atoms with Gasteiger partial charge < -0.3 is 14.8 Å². The summed E-state index contributed by atoms with van der Waals surface area (Å²) >= 11 is 1.32. The van der Waals surface area contributed by atoms with Gasteiger partial charge in [-0.25, -0.2) is 0 Å². The minimum atomic E-state index is -0.178. The largest absolute Gasteiger partial charge is 0.497 e. The second-order valence-electron chi connectivity index (χ2n) is 7.31. The zero-order valence-corrected chi connectivity index (χ0v) is 18.5. The maximum Gasteiger partial charge on any atom is 0.234 e. The Hall–Kier alpha value is -3.35. The lowest BCUT2D eigenvalue weighted by Crippen LogP contribution is -2.18. The molecule has 4 rings (SSSR count). The Kier molecular flexibility index (Phi) is 7.04. The van der Waals surface area contributed by atoms with Gasteiger partial charge in [0.05, 0.1) is 37.1 Å². The first-order chi connectivity index (χ1) is 15.7. The van der Waals surface area contributed by atoms with Crippen LogP contribution in [0, 0.1) is 11.3 Å². The van der Waals surface area contributed by atoms with Gasteiger partial charge in [-0.05, 0) is 55.3 Å². The van der Waals surface area contributed by atoms with Crippen molar-refractivity contribution in [1.29, 1.82) is 5.26 Å². The molecule has 0 radical (unpaired) electrons. The van der Waals surface area contributed by atoms with Crippen molar-refractivity contribution >= 4 is 23.4 Å². The van der Waals surface area contributed by atoms with Crippen LogP contribution in [0.5, 0.6) is 5.75 Å². The molecule has 8 nitrogen and oxygen atoms in total.